The molecule has 11 aliphatic rings. The lowest BCUT2D eigenvalue weighted by atomic mass is 9.68. The number of aliphatic carboxylic acids is 2. The molecule has 8 fully saturated rings. The van der Waals surface area contributed by atoms with Gasteiger partial charge in [-0.15, -0.1) is 0 Å². The molecule has 136 heavy (non-hydrogen) atoms. The lowest BCUT2D eigenvalue weighted by Gasteiger charge is -2.37. The summed E-state index contributed by atoms with van der Waals surface area (Å²) in [6.45, 7) is 20.5. The number of nitrogens with zero attached hydrogens (tertiary/aromatic N) is 9. The average Bonchev–Trinajstić information content (AvgIpc) is 1.66. The van der Waals surface area contributed by atoms with E-state index < -0.39 is 11.9 Å². The maximum Gasteiger partial charge on any atom is 0.315 e. The first-order valence-electron chi connectivity index (χ1n) is 46.7. The molecule has 34 heteroatoms. The quantitative estimate of drug-likeness (QED) is 0.00518. The summed E-state index contributed by atoms with van der Waals surface area (Å²) >= 11 is 24.7. The predicted molar refractivity (Wildman–Crippen MR) is 567 cm³/mol. The van der Waals surface area contributed by atoms with Crippen molar-refractivity contribution in [2.24, 2.45) is 47.3 Å². The van der Waals surface area contributed by atoms with Crippen molar-refractivity contribution in [2.75, 3.05) is 52.4 Å². The van der Waals surface area contributed by atoms with Gasteiger partial charge < -0.3 is 95.9 Å². The molecule has 6 aliphatic heterocycles. The summed E-state index contributed by atoms with van der Waals surface area (Å²) in [6.07, 6.45) is 47.4. The number of Topliss-reactive ketones (excluding diaryl/α,β-unsaturated/α-hetero) is 1. The van der Waals surface area contributed by atoms with E-state index in [4.69, 9.17) is 83.6 Å². The number of benzene rings is 4. The number of ketones is 3. The molecular formula is C102H139BN10O13S10-4. The maximum atomic E-state index is 11.4. The molecule has 0 atom stereocenters. The van der Waals surface area contributed by atoms with E-state index in [9.17, 15) is 49.8 Å². The number of carbonyl (C=O) groups excluding carboxylic acids is 4. The third-order valence-electron chi connectivity index (χ3n) is 25.0. The lowest BCUT2D eigenvalue weighted by Crippen LogP contribution is -2.80. The van der Waals surface area contributed by atoms with E-state index in [2.05, 4.69) is 45.7 Å². The Morgan fingerprint density at radius 2 is 0.882 bits per heavy atom. The van der Waals surface area contributed by atoms with Gasteiger partial charge in [0.25, 0.3) is 0 Å². The number of nitrogens with two attached hydrogens (primary N) is 1. The Morgan fingerprint density at radius 1 is 0.522 bits per heavy atom. The molecule has 5 aromatic rings. The maximum absolute atomic E-state index is 11.4. The monoisotopic (exact) mass is 2040 g/mol. The van der Waals surface area contributed by atoms with Crippen molar-refractivity contribution in [3.8, 4) is 70.9 Å². The normalized spacial score (nSPS) is 20.4. The van der Waals surface area contributed by atoms with Gasteiger partial charge in [-0.25, -0.2) is 4.58 Å². The fraction of sp³-hybridized carbons (Fsp3) is 0.539. The number of thiocarbonyl (C=S) groups is 2. The van der Waals surface area contributed by atoms with Gasteiger partial charge in [-0.2, -0.15) is 31.6 Å². The van der Waals surface area contributed by atoms with E-state index in [-0.39, 0.29) is 88.2 Å². The third kappa shape index (κ3) is 41.8. The van der Waals surface area contributed by atoms with Crippen LogP contribution >= 0.6 is 106 Å². The number of hydrogen-bond acceptors (Lipinski definition) is 28. The van der Waals surface area contributed by atoms with Crippen LogP contribution in [0.4, 0.5) is 0 Å². The van der Waals surface area contributed by atoms with Gasteiger partial charge in [-0.05, 0) is 244 Å². The molecule has 0 bridgehead atoms. The molecular weight excluding hydrogens is 1900 g/mol. The molecule has 742 valence electrons. The molecule has 23 nitrogen and oxygen atoms in total. The molecule has 4 saturated heterocycles. The summed E-state index contributed by atoms with van der Waals surface area (Å²) in [5.74, 6) is 5.51. The number of unbranched alkanes of at least 4 members (excludes halogenated alkanes) is 4. The van der Waals surface area contributed by atoms with Crippen LogP contribution in [-0.4, -0.2) is 144 Å². The van der Waals surface area contributed by atoms with Crippen molar-refractivity contribution < 1.29 is 73.0 Å². The fourth-order valence-corrected chi connectivity index (χ4v) is 26.8. The van der Waals surface area contributed by atoms with Crippen LogP contribution in [0, 0.1) is 137 Å². The molecule has 16 rings (SSSR count). The highest BCUT2D eigenvalue weighted by Crippen LogP contribution is 2.59. The van der Waals surface area contributed by atoms with E-state index in [1.54, 1.807) is 66.0 Å². The number of aromatic hydroxyl groups is 6. The second-order valence-electron chi connectivity index (χ2n) is 34.7. The van der Waals surface area contributed by atoms with Crippen LogP contribution < -0.4 is 19.0 Å². The number of fused-ring (bicyclic) bond motifs is 3. The zero-order valence-electron chi connectivity index (χ0n) is 80.9. The number of allylic oxidation sites excluding steroid dienone is 6. The van der Waals surface area contributed by atoms with Crippen LogP contribution in [0.15, 0.2) is 123 Å². The number of carboxylic acid groups (broad SMARTS) is 2. The largest absolute Gasteiger partial charge is 1.00 e. The molecule has 0 radical (unpaired) electrons. The van der Waals surface area contributed by atoms with Gasteiger partial charge in [-0.1, -0.05) is 209 Å². The van der Waals surface area contributed by atoms with Crippen molar-refractivity contribution in [2.45, 2.75) is 278 Å². The number of thioether (sulfide) groups is 5. The van der Waals surface area contributed by atoms with Crippen molar-refractivity contribution in [3.63, 3.8) is 0 Å². The number of carbonyl (C=O) groups is 5. The molecule has 4 saturated carbocycles. The Kier molecular flexibility index (Phi) is 58.2. The Hall–Kier alpha value is -8.59. The third-order valence-corrected chi connectivity index (χ3v) is 35.2. The van der Waals surface area contributed by atoms with Crippen molar-refractivity contribution in [1.29, 1.82) is 31.6 Å². The van der Waals surface area contributed by atoms with E-state index >= 15 is 0 Å². The Balaban J connectivity index is 0.000000526. The first-order chi connectivity index (χ1) is 64.4. The number of hydrogen-bond donors (Lipinski definition) is 8. The zero-order valence-corrected chi connectivity index (χ0v) is 87.0. The molecule has 0 unspecified atom stereocenters. The number of phenols is 6. The first kappa shape index (κ1) is 120. The van der Waals surface area contributed by atoms with E-state index in [0.717, 1.165) is 136 Å². The molecule has 4 aromatic carbocycles. The van der Waals surface area contributed by atoms with E-state index in [0.29, 0.717) is 34.9 Å². The minimum atomic E-state index is -1.08. The van der Waals surface area contributed by atoms with Crippen LogP contribution in [0.1, 0.15) is 254 Å². The second kappa shape index (κ2) is 66.1. The number of rotatable bonds is 13. The summed E-state index contributed by atoms with van der Waals surface area (Å²) in [4.78, 5) is 60.1. The van der Waals surface area contributed by atoms with Gasteiger partial charge in [0, 0.05) is 73.5 Å². The van der Waals surface area contributed by atoms with Crippen molar-refractivity contribution >= 4 is 174 Å². The lowest BCUT2D eigenvalue weighted by molar-refractivity contribution is -0.635. The first-order valence-corrected chi connectivity index (χ1v) is 53.7. The summed E-state index contributed by atoms with van der Waals surface area (Å²) < 4.78 is 7.80. The minimum absolute atomic E-state index is 0. The summed E-state index contributed by atoms with van der Waals surface area (Å²) in [5, 5.41) is 128. The number of nitriles is 6. The Labute approximate surface area is 855 Å². The van der Waals surface area contributed by atoms with Gasteiger partial charge in [0.1, 0.15) is 99.5 Å². The molecule has 1 aromatic heterocycles. The van der Waals surface area contributed by atoms with Crippen LogP contribution in [0.3, 0.4) is 0 Å². The van der Waals surface area contributed by atoms with Crippen molar-refractivity contribution in [3.05, 3.63) is 121 Å². The summed E-state index contributed by atoms with van der Waals surface area (Å²) in [6, 6.07) is 25.2. The predicted octanol–water partition coefficient (Wildman–Crippen LogP) is 20.8. The van der Waals surface area contributed by atoms with Gasteiger partial charge in [-0.3, -0.25) is 19.2 Å². The number of aryl methyl sites for hydroxylation is 2. The fourth-order valence-electron chi connectivity index (χ4n) is 17.4. The van der Waals surface area contributed by atoms with E-state index in [1.807, 2.05) is 26.0 Å². The van der Waals surface area contributed by atoms with E-state index in [1.165, 1.54) is 321 Å². The van der Waals surface area contributed by atoms with Crippen LogP contribution in [-0.2, 0) is 36.6 Å². The topological polar surface area (TPSA) is 419 Å². The number of carboxylic acids is 2. The second-order valence-corrected chi connectivity index (χ2v) is 44.2. The summed E-state index contributed by atoms with van der Waals surface area (Å²) in [5.41, 5.74) is 2.60. The van der Waals surface area contributed by atoms with Gasteiger partial charge in [0.15, 0.2) is 11.6 Å². The molecule has 0 amide bonds. The summed E-state index contributed by atoms with van der Waals surface area (Å²) in [7, 11) is 0. The number of likely N-dealkylation sites (tertiary alicyclic amines) is 2. The Bertz CT molecular complexity index is 4840. The smallest absolute Gasteiger partial charge is 0.315 e. The number of quaternary nitrogens is 1. The molecule has 9 N–H and O–H groups in total. The van der Waals surface area contributed by atoms with Gasteiger partial charge >= 0.3 is 9.95 Å². The number of phenolic OH excluding ortho intramolecular Hbond substituents is 6. The molecule has 7 heterocycles. The van der Waals surface area contributed by atoms with Crippen LogP contribution in [0.2, 0.25) is 0 Å². The van der Waals surface area contributed by atoms with Gasteiger partial charge in [0.2, 0.25) is 0 Å². The van der Waals surface area contributed by atoms with Gasteiger partial charge in [0.05, 0.1) is 63.7 Å². The average molecular weight is 2050 g/mol. The highest BCUT2D eigenvalue weighted by Gasteiger charge is 2.35. The molecule has 5 aliphatic carbocycles. The highest BCUT2D eigenvalue weighted by molar-refractivity contribution is 8.25. The van der Waals surface area contributed by atoms with Crippen LogP contribution in [0.25, 0.3) is 9.40 Å². The minimum Gasteiger partial charge on any atom is -1.00 e. The highest BCUT2D eigenvalue weighted by atomic mass is 32.2. The zero-order chi connectivity index (χ0) is 98.0. The SMILES string of the molecule is C1CC[NH2+]C1.CC(=O)[O-].CCCCCC1CCC(C2CCC(C(=O)O)CC2)CC1.CCCCCC1CCC(C2CCC(C(C)=O)CC2)CC1.Cc1ccc(C)c2c1SC(=C(C#N)C#N)S2.N#CC(C#N)=C1Sc2c(O)ccc(O)c2S1.N#CCC#N.O=C1C=CC(=O)C=C1.Oc1ccc(O)c(SC(=S)N2CCCC2)c1.Oc1ccc(O)c2sc(=[N+]3CCCC3)sc12.S=C([S-])N1CCCC1.[2H-].[2H-].[BH4-].[CH3-]. The standard InChI is InChI=1S/C19H34O.C18H32O2.C12H8N2S2.C11H11NO2S2.C11H13NO2S2.C10H4N2O2S2.C6H4O2.C5H9NS2.C4H9N.C3H2N2.C2H4O2.CH3.BH4.2H/c1-3-4-5-6-16-7-9-18(10-8-16)19-13-11-17(12-14-19)15(2)20;1-2-3-4-5-14-6-8-15(9-7-14)16-10-12-17(13-11-16)18(19)20;1-7-3-4-8(2)11-10(7)15-12(16-11)9(5-13)6-14;13-7-3-4-8(14)10-9(7)15-11(16-10)12-5-1-2-6-12;13-8-3-4-9(14)10(7-8)16-11(15)12-5-1-2-6-12;11-3-5(4-12)10-15-8-6(13)1-2-7(14)9(8)16-10;7-5-1-2-6(8)4-3-5;7-5(8)6-3-1-2-4-6;1-2-4-5-3-1;4-2-1-3-5;1-2(3)4;;;;/h16-19H,3-14H2,1-2H3;14-17H,2-13H2,1H3,(H,19,20);3-4H,1-2H3;3-4H,1-2,5-6H2,(H-,13,14);3-4,7,13-14H,1-2,5-6H2;1-2,13-14H;1-4H;1-4H2,(H,7,8);5H,1-4H2;1H2;1H3,(H,3,4);1H3;1H4;;/q;;;;;;;;;;;4*-1/i;;;;;;;;;;;;;2*1+1. The van der Waals surface area contributed by atoms with Crippen LogP contribution in [0.5, 0.6) is 34.5 Å². The Morgan fingerprint density at radius 3 is 1.21 bits per heavy atom. The molecule has 0 spiro atoms. The van der Waals surface area contributed by atoms with Crippen molar-refractivity contribution in [1.82, 2.24) is 14.4 Å².